The molecule has 1 aliphatic rings. The van der Waals surface area contributed by atoms with Crippen molar-refractivity contribution in [3.63, 3.8) is 0 Å². The molecule has 3 rings (SSSR count). The Kier molecular flexibility index (Phi) is 8.10. The lowest BCUT2D eigenvalue weighted by Crippen LogP contribution is -2.52. The normalized spacial score (nSPS) is 14.9. The molecular formula is C22H32N6OS. The summed E-state index contributed by atoms with van der Waals surface area (Å²) in [7, 11) is 3.76. The SMILES string of the molecule is CCNC(=NCc1cccc(NC(=O)CN(C)C)c1)N1CCN(c2cccs2)CC1. The van der Waals surface area contributed by atoms with Crippen LogP contribution in [0.4, 0.5) is 10.7 Å². The van der Waals surface area contributed by atoms with Gasteiger partial charge in [0.15, 0.2) is 5.96 Å². The number of amides is 1. The van der Waals surface area contributed by atoms with Crippen molar-refractivity contribution in [2.75, 3.05) is 63.6 Å². The Labute approximate surface area is 183 Å². The maximum Gasteiger partial charge on any atom is 0.238 e. The van der Waals surface area contributed by atoms with Gasteiger partial charge in [-0.25, -0.2) is 4.99 Å². The van der Waals surface area contributed by atoms with Crippen molar-refractivity contribution < 1.29 is 4.79 Å². The van der Waals surface area contributed by atoms with Gasteiger partial charge in [-0.3, -0.25) is 4.79 Å². The smallest absolute Gasteiger partial charge is 0.238 e. The van der Waals surface area contributed by atoms with Crippen molar-refractivity contribution in [1.29, 1.82) is 0 Å². The zero-order valence-electron chi connectivity index (χ0n) is 18.1. The largest absolute Gasteiger partial charge is 0.360 e. The van der Waals surface area contributed by atoms with Crippen molar-refractivity contribution >= 4 is 33.9 Å². The molecule has 0 radical (unpaired) electrons. The van der Waals surface area contributed by atoms with E-state index in [2.05, 4.69) is 44.9 Å². The van der Waals surface area contributed by atoms with E-state index in [-0.39, 0.29) is 5.91 Å². The van der Waals surface area contributed by atoms with Gasteiger partial charge in [0.05, 0.1) is 18.1 Å². The lowest BCUT2D eigenvalue weighted by molar-refractivity contribution is -0.116. The molecule has 1 saturated heterocycles. The minimum atomic E-state index is -0.0161. The quantitative estimate of drug-likeness (QED) is 0.524. The van der Waals surface area contributed by atoms with Gasteiger partial charge in [0.2, 0.25) is 5.91 Å². The van der Waals surface area contributed by atoms with Gasteiger partial charge < -0.3 is 25.3 Å². The second-order valence-corrected chi connectivity index (χ2v) is 8.51. The molecule has 2 aromatic rings. The predicted octanol–water partition coefficient (Wildman–Crippen LogP) is 2.54. The van der Waals surface area contributed by atoms with Crippen LogP contribution in [-0.4, -0.2) is 75.0 Å². The van der Waals surface area contributed by atoms with Gasteiger partial charge in [0, 0.05) is 38.4 Å². The summed E-state index contributed by atoms with van der Waals surface area (Å²) in [6.45, 7) is 7.77. The Balaban J connectivity index is 1.59. The van der Waals surface area contributed by atoms with Crippen LogP contribution in [0.5, 0.6) is 0 Å². The topological polar surface area (TPSA) is 63.2 Å². The van der Waals surface area contributed by atoms with Gasteiger partial charge in [-0.15, -0.1) is 11.3 Å². The van der Waals surface area contributed by atoms with Gasteiger partial charge in [-0.2, -0.15) is 0 Å². The van der Waals surface area contributed by atoms with Crippen LogP contribution < -0.4 is 15.5 Å². The van der Waals surface area contributed by atoms with Gasteiger partial charge in [-0.1, -0.05) is 12.1 Å². The van der Waals surface area contributed by atoms with Crippen LogP contribution in [0.3, 0.4) is 0 Å². The fraction of sp³-hybridized carbons (Fsp3) is 0.455. The number of benzene rings is 1. The molecule has 1 aliphatic heterocycles. The van der Waals surface area contributed by atoms with E-state index in [1.54, 1.807) is 11.3 Å². The molecule has 0 bridgehead atoms. The minimum absolute atomic E-state index is 0.0161. The maximum atomic E-state index is 12.0. The van der Waals surface area contributed by atoms with Crippen LogP contribution in [0, 0.1) is 0 Å². The highest BCUT2D eigenvalue weighted by atomic mass is 32.1. The fourth-order valence-electron chi connectivity index (χ4n) is 3.42. The summed E-state index contributed by atoms with van der Waals surface area (Å²) in [5.74, 6) is 0.933. The molecule has 30 heavy (non-hydrogen) atoms. The third-order valence-electron chi connectivity index (χ3n) is 4.81. The number of carbonyl (C=O) groups is 1. The van der Waals surface area contributed by atoms with Gasteiger partial charge in [0.25, 0.3) is 0 Å². The third-order valence-corrected chi connectivity index (χ3v) is 5.74. The molecule has 0 atom stereocenters. The lowest BCUT2D eigenvalue weighted by atomic mass is 10.2. The van der Waals surface area contributed by atoms with Crippen molar-refractivity contribution in [3.05, 3.63) is 47.3 Å². The first-order chi connectivity index (χ1) is 14.5. The number of hydrogen-bond acceptors (Lipinski definition) is 5. The summed E-state index contributed by atoms with van der Waals surface area (Å²) in [6.07, 6.45) is 0. The molecule has 1 fully saturated rings. The summed E-state index contributed by atoms with van der Waals surface area (Å²) in [5.41, 5.74) is 1.88. The number of guanidine groups is 1. The first-order valence-electron chi connectivity index (χ1n) is 10.4. The standard InChI is InChI=1S/C22H32N6OS/c1-4-23-22(28-12-10-27(11-13-28)21-9-6-14-30-21)24-16-18-7-5-8-19(15-18)25-20(29)17-26(2)3/h5-9,14-15H,4,10-13,16-17H2,1-3H3,(H,23,24)(H,25,29). The molecule has 1 aromatic heterocycles. The second-order valence-electron chi connectivity index (χ2n) is 7.58. The third kappa shape index (κ3) is 6.47. The number of hydrogen-bond donors (Lipinski definition) is 2. The number of nitrogens with one attached hydrogen (secondary N) is 2. The van der Waals surface area contributed by atoms with Crippen molar-refractivity contribution in [2.24, 2.45) is 4.99 Å². The number of rotatable bonds is 7. The summed E-state index contributed by atoms with van der Waals surface area (Å²) < 4.78 is 0. The fourth-order valence-corrected chi connectivity index (χ4v) is 4.20. The van der Waals surface area contributed by atoms with Crippen molar-refractivity contribution in [1.82, 2.24) is 15.1 Å². The number of nitrogens with zero attached hydrogens (tertiary/aromatic N) is 4. The molecule has 1 aromatic carbocycles. The van der Waals surface area contributed by atoms with E-state index in [4.69, 9.17) is 4.99 Å². The average Bonchev–Trinajstić information content (AvgIpc) is 3.26. The number of thiophene rings is 1. The van der Waals surface area contributed by atoms with Crippen LogP contribution >= 0.6 is 11.3 Å². The first-order valence-corrected chi connectivity index (χ1v) is 11.3. The Morgan fingerprint density at radius 2 is 1.97 bits per heavy atom. The van der Waals surface area contributed by atoms with Gasteiger partial charge in [0.1, 0.15) is 0 Å². The zero-order valence-corrected chi connectivity index (χ0v) is 18.9. The molecule has 0 spiro atoms. The van der Waals surface area contributed by atoms with E-state index in [9.17, 15) is 4.79 Å². The van der Waals surface area contributed by atoms with E-state index in [0.717, 1.165) is 49.9 Å². The van der Waals surface area contributed by atoms with Crippen molar-refractivity contribution in [3.8, 4) is 0 Å². The molecule has 0 unspecified atom stereocenters. The molecule has 7 nitrogen and oxygen atoms in total. The number of carbonyl (C=O) groups excluding carboxylic acids is 1. The number of anilines is 2. The Hall–Kier alpha value is -2.58. The highest BCUT2D eigenvalue weighted by molar-refractivity contribution is 7.14. The van der Waals surface area contributed by atoms with Crippen LogP contribution in [-0.2, 0) is 11.3 Å². The maximum absolute atomic E-state index is 12.0. The van der Waals surface area contributed by atoms with E-state index >= 15 is 0 Å². The molecule has 1 amide bonds. The lowest BCUT2D eigenvalue weighted by Gasteiger charge is -2.37. The van der Waals surface area contributed by atoms with E-state index in [0.29, 0.717) is 13.1 Å². The molecule has 162 valence electrons. The number of piperazine rings is 1. The van der Waals surface area contributed by atoms with Crippen LogP contribution in [0.2, 0.25) is 0 Å². The molecule has 2 heterocycles. The Morgan fingerprint density at radius 1 is 1.17 bits per heavy atom. The summed E-state index contributed by atoms with van der Waals surface area (Å²) in [6, 6.07) is 12.2. The van der Waals surface area contributed by atoms with Gasteiger partial charge in [-0.05, 0) is 56.2 Å². The first kappa shape index (κ1) is 22.1. The molecule has 8 heteroatoms. The van der Waals surface area contributed by atoms with Crippen LogP contribution in [0.1, 0.15) is 12.5 Å². The summed E-state index contributed by atoms with van der Waals surface area (Å²) >= 11 is 1.79. The van der Waals surface area contributed by atoms with E-state index < -0.39 is 0 Å². The highest BCUT2D eigenvalue weighted by Gasteiger charge is 2.20. The Morgan fingerprint density at radius 3 is 2.63 bits per heavy atom. The molecule has 0 aliphatic carbocycles. The van der Waals surface area contributed by atoms with Gasteiger partial charge >= 0.3 is 0 Å². The summed E-state index contributed by atoms with van der Waals surface area (Å²) in [5, 5.41) is 9.84. The number of aliphatic imine (C=N–C) groups is 1. The minimum Gasteiger partial charge on any atom is -0.360 e. The highest BCUT2D eigenvalue weighted by Crippen LogP contribution is 2.22. The van der Waals surface area contributed by atoms with Crippen molar-refractivity contribution in [2.45, 2.75) is 13.5 Å². The second kappa shape index (κ2) is 11.0. The Bertz CT molecular complexity index is 828. The summed E-state index contributed by atoms with van der Waals surface area (Å²) in [4.78, 5) is 23.5. The van der Waals surface area contributed by atoms with E-state index in [1.807, 2.05) is 43.3 Å². The molecule has 0 saturated carbocycles. The average molecular weight is 429 g/mol. The predicted molar refractivity (Wildman–Crippen MR) is 127 cm³/mol. The molecular weight excluding hydrogens is 396 g/mol. The van der Waals surface area contributed by atoms with Crippen LogP contribution in [0.25, 0.3) is 0 Å². The van der Waals surface area contributed by atoms with E-state index in [1.165, 1.54) is 5.00 Å². The monoisotopic (exact) mass is 428 g/mol. The van der Waals surface area contributed by atoms with Crippen LogP contribution in [0.15, 0.2) is 46.8 Å². The number of likely N-dealkylation sites (N-methyl/N-ethyl adjacent to an activating group) is 1. The molecule has 2 N–H and O–H groups in total. The zero-order chi connectivity index (χ0) is 21.3.